The lowest BCUT2D eigenvalue weighted by molar-refractivity contribution is 0.573. The van der Waals surface area contributed by atoms with Crippen LogP contribution in [0.3, 0.4) is 0 Å². The molecular weight excluding hydrogens is 574 g/mol. The lowest BCUT2D eigenvalue weighted by Gasteiger charge is -2.26. The number of nitrogens with zero attached hydrogens (tertiary/aromatic N) is 1. The van der Waals surface area contributed by atoms with Gasteiger partial charge in [0.15, 0.2) is 5.58 Å². The number of rotatable bonds is 4. The molecule has 0 N–H and O–H groups in total. The van der Waals surface area contributed by atoms with Crippen molar-refractivity contribution in [2.45, 2.75) is 26.2 Å². The van der Waals surface area contributed by atoms with Crippen molar-refractivity contribution in [1.82, 2.24) is 0 Å². The normalized spacial score (nSPS) is 12.1. The summed E-state index contributed by atoms with van der Waals surface area (Å²) in [5.41, 5.74) is 10.0. The summed E-state index contributed by atoms with van der Waals surface area (Å²) in [6.45, 7) is 6.72. The second-order valence-corrected chi connectivity index (χ2v) is 13.4. The SMILES string of the molecule is CC(C)(C)c1cccc2c1oc1c(N(c3cccc(-c4ccccc4)c3)c3ccc4c(c3)oc3ccc5ccccc5c34)cccc12. The Labute approximate surface area is 273 Å². The lowest BCUT2D eigenvalue weighted by atomic mass is 9.86. The molecule has 9 aromatic rings. The number of para-hydroxylation sites is 2. The standard InChI is InChI=1S/C44H33NO2/c1-44(2,3)37-20-10-18-34-35-19-11-21-38(43(35)47-42(34)37)45(31-16-9-15-30(26-31)28-12-5-4-6-13-28)32-23-24-36-40(27-32)46-39-25-22-29-14-7-8-17-33(29)41(36)39/h4-27H,1-3H3. The van der Waals surface area contributed by atoms with Crippen LogP contribution in [-0.4, -0.2) is 0 Å². The fourth-order valence-corrected chi connectivity index (χ4v) is 7.13. The van der Waals surface area contributed by atoms with E-state index >= 15 is 0 Å². The van der Waals surface area contributed by atoms with Crippen LogP contribution in [0.25, 0.3) is 65.8 Å². The summed E-state index contributed by atoms with van der Waals surface area (Å²) in [4.78, 5) is 2.30. The van der Waals surface area contributed by atoms with Gasteiger partial charge in [0.1, 0.15) is 16.7 Å². The molecule has 0 radical (unpaired) electrons. The predicted octanol–water partition coefficient (Wildman–Crippen LogP) is 13.1. The van der Waals surface area contributed by atoms with Crippen LogP contribution in [0.15, 0.2) is 154 Å². The number of fused-ring (bicyclic) bond motifs is 8. The zero-order valence-electron chi connectivity index (χ0n) is 26.6. The monoisotopic (exact) mass is 607 g/mol. The highest BCUT2D eigenvalue weighted by Crippen LogP contribution is 2.46. The first-order valence-corrected chi connectivity index (χ1v) is 16.2. The Balaban J connectivity index is 1.31. The fourth-order valence-electron chi connectivity index (χ4n) is 7.13. The number of anilines is 3. The minimum atomic E-state index is -0.0618. The van der Waals surface area contributed by atoms with E-state index in [1.165, 1.54) is 21.9 Å². The smallest absolute Gasteiger partial charge is 0.159 e. The van der Waals surface area contributed by atoms with Crippen LogP contribution in [-0.2, 0) is 5.41 Å². The molecule has 0 spiro atoms. The maximum atomic E-state index is 6.90. The molecule has 0 aliphatic rings. The second kappa shape index (κ2) is 10.4. The average molecular weight is 608 g/mol. The molecule has 0 aliphatic heterocycles. The summed E-state index contributed by atoms with van der Waals surface area (Å²) in [6, 6.07) is 51.5. The van der Waals surface area contributed by atoms with Crippen LogP contribution in [0, 0.1) is 0 Å². The maximum Gasteiger partial charge on any atom is 0.159 e. The van der Waals surface area contributed by atoms with Gasteiger partial charge < -0.3 is 13.7 Å². The molecule has 0 amide bonds. The first kappa shape index (κ1) is 27.5. The van der Waals surface area contributed by atoms with Gasteiger partial charge in [0.25, 0.3) is 0 Å². The highest BCUT2D eigenvalue weighted by atomic mass is 16.3. The van der Waals surface area contributed by atoms with Crippen LogP contribution >= 0.6 is 0 Å². The molecule has 3 heteroatoms. The quantitative estimate of drug-likeness (QED) is 0.199. The van der Waals surface area contributed by atoms with Crippen molar-refractivity contribution in [3.05, 3.63) is 151 Å². The molecule has 0 atom stereocenters. The summed E-state index contributed by atoms with van der Waals surface area (Å²) >= 11 is 0. The van der Waals surface area contributed by atoms with Gasteiger partial charge >= 0.3 is 0 Å². The summed E-state index contributed by atoms with van der Waals surface area (Å²) < 4.78 is 13.5. The highest BCUT2D eigenvalue weighted by Gasteiger charge is 2.24. The minimum Gasteiger partial charge on any atom is -0.456 e. The Hall–Kier alpha value is -5.80. The Bertz CT molecular complexity index is 2620. The second-order valence-electron chi connectivity index (χ2n) is 13.4. The summed E-state index contributed by atoms with van der Waals surface area (Å²) in [7, 11) is 0. The molecule has 0 fully saturated rings. The molecule has 0 saturated heterocycles. The zero-order valence-corrected chi connectivity index (χ0v) is 26.6. The summed E-state index contributed by atoms with van der Waals surface area (Å²) in [5, 5.41) is 6.89. The van der Waals surface area contributed by atoms with E-state index in [1.54, 1.807) is 0 Å². The molecule has 7 aromatic carbocycles. The van der Waals surface area contributed by atoms with E-state index in [0.29, 0.717) is 0 Å². The van der Waals surface area contributed by atoms with E-state index < -0.39 is 0 Å². The number of hydrogen-bond donors (Lipinski definition) is 0. The molecule has 0 saturated carbocycles. The van der Waals surface area contributed by atoms with Crippen molar-refractivity contribution in [3.63, 3.8) is 0 Å². The Morgan fingerprint density at radius 3 is 2.02 bits per heavy atom. The van der Waals surface area contributed by atoms with Crippen molar-refractivity contribution in [1.29, 1.82) is 0 Å². The minimum absolute atomic E-state index is 0.0618. The maximum absolute atomic E-state index is 6.90. The van der Waals surface area contributed by atoms with Crippen molar-refractivity contribution in [2.75, 3.05) is 4.90 Å². The first-order chi connectivity index (χ1) is 22.9. The Morgan fingerprint density at radius 1 is 0.468 bits per heavy atom. The van der Waals surface area contributed by atoms with Crippen molar-refractivity contribution in [3.8, 4) is 11.1 Å². The molecule has 226 valence electrons. The van der Waals surface area contributed by atoms with Gasteiger partial charge in [0.05, 0.1) is 11.4 Å². The molecule has 0 aliphatic carbocycles. The first-order valence-electron chi connectivity index (χ1n) is 16.2. The third kappa shape index (κ3) is 4.42. The van der Waals surface area contributed by atoms with Gasteiger partial charge in [-0.05, 0) is 63.7 Å². The third-order valence-electron chi connectivity index (χ3n) is 9.37. The van der Waals surface area contributed by atoms with Gasteiger partial charge in [-0.25, -0.2) is 0 Å². The van der Waals surface area contributed by atoms with E-state index in [2.05, 4.69) is 171 Å². The zero-order chi connectivity index (χ0) is 31.7. The van der Waals surface area contributed by atoms with E-state index in [4.69, 9.17) is 8.83 Å². The van der Waals surface area contributed by atoms with Gasteiger partial charge in [0.2, 0.25) is 0 Å². The topological polar surface area (TPSA) is 29.5 Å². The Morgan fingerprint density at radius 2 is 1.17 bits per heavy atom. The van der Waals surface area contributed by atoms with Crippen molar-refractivity contribution in [2.24, 2.45) is 0 Å². The van der Waals surface area contributed by atoms with E-state index in [0.717, 1.165) is 66.5 Å². The molecule has 47 heavy (non-hydrogen) atoms. The molecule has 0 unspecified atom stereocenters. The van der Waals surface area contributed by atoms with Gasteiger partial charge in [-0.3, -0.25) is 0 Å². The van der Waals surface area contributed by atoms with Crippen molar-refractivity contribution < 1.29 is 8.83 Å². The van der Waals surface area contributed by atoms with Crippen LogP contribution in [0.2, 0.25) is 0 Å². The van der Waals surface area contributed by atoms with E-state index in [1.807, 2.05) is 0 Å². The fraction of sp³-hybridized carbons (Fsp3) is 0.0909. The van der Waals surface area contributed by atoms with Gasteiger partial charge in [-0.1, -0.05) is 124 Å². The van der Waals surface area contributed by atoms with Gasteiger partial charge in [-0.2, -0.15) is 0 Å². The highest BCUT2D eigenvalue weighted by molar-refractivity contribution is 6.19. The predicted molar refractivity (Wildman–Crippen MR) is 197 cm³/mol. The number of hydrogen-bond acceptors (Lipinski definition) is 3. The van der Waals surface area contributed by atoms with Crippen LogP contribution in [0.4, 0.5) is 17.1 Å². The van der Waals surface area contributed by atoms with E-state index in [-0.39, 0.29) is 5.41 Å². The third-order valence-corrected chi connectivity index (χ3v) is 9.37. The van der Waals surface area contributed by atoms with E-state index in [9.17, 15) is 0 Å². The van der Waals surface area contributed by atoms with Gasteiger partial charge in [-0.15, -0.1) is 0 Å². The van der Waals surface area contributed by atoms with Crippen molar-refractivity contribution >= 4 is 71.7 Å². The van der Waals surface area contributed by atoms with Crippen LogP contribution in [0.5, 0.6) is 0 Å². The molecule has 3 nitrogen and oxygen atoms in total. The summed E-state index contributed by atoms with van der Waals surface area (Å²) in [5.74, 6) is 0. The molecular formula is C44H33NO2. The van der Waals surface area contributed by atoms with Crippen LogP contribution in [0.1, 0.15) is 26.3 Å². The lowest BCUT2D eigenvalue weighted by Crippen LogP contribution is -2.11. The molecule has 0 bridgehead atoms. The molecule has 9 rings (SSSR count). The Kier molecular flexibility index (Phi) is 6.07. The number of furan rings is 2. The van der Waals surface area contributed by atoms with Gasteiger partial charge in [0, 0.05) is 38.9 Å². The summed E-state index contributed by atoms with van der Waals surface area (Å²) in [6.07, 6.45) is 0. The number of benzene rings is 7. The molecule has 2 heterocycles. The largest absolute Gasteiger partial charge is 0.456 e. The average Bonchev–Trinajstić information content (AvgIpc) is 3.67. The molecule has 2 aromatic heterocycles. The van der Waals surface area contributed by atoms with Crippen LogP contribution < -0.4 is 4.90 Å².